The number of carbonyl (C=O) groups is 1. The normalized spacial score (nSPS) is 10.1. The van der Waals surface area contributed by atoms with E-state index in [-0.39, 0.29) is 5.56 Å². The average Bonchev–Trinajstić information content (AvgIpc) is 2.32. The van der Waals surface area contributed by atoms with Gasteiger partial charge in [-0.25, -0.2) is 9.78 Å². The van der Waals surface area contributed by atoms with Crippen molar-refractivity contribution in [1.29, 1.82) is 0 Å². The van der Waals surface area contributed by atoms with Gasteiger partial charge >= 0.3 is 5.97 Å². The van der Waals surface area contributed by atoms with Crippen molar-refractivity contribution < 1.29 is 14.6 Å². The number of nitrogens with zero attached hydrogens (tertiary/aromatic N) is 1. The first-order chi connectivity index (χ1) is 8.58. The molecular weight excluding hydrogens is 230 g/mol. The van der Waals surface area contributed by atoms with Gasteiger partial charge in [0.25, 0.3) is 0 Å². The first kappa shape index (κ1) is 12.1. The third-order valence-electron chi connectivity index (χ3n) is 2.60. The highest BCUT2D eigenvalue weighted by molar-refractivity contribution is 5.89. The van der Waals surface area contributed by atoms with Crippen molar-refractivity contribution in [2.24, 2.45) is 0 Å². The Morgan fingerprint density at radius 1 is 1.22 bits per heavy atom. The molecule has 0 aliphatic heterocycles. The molecule has 18 heavy (non-hydrogen) atoms. The molecule has 1 heterocycles. The molecular formula is C14H13NO3. The maximum atomic E-state index is 10.9. The molecule has 0 spiro atoms. The third kappa shape index (κ3) is 2.48. The lowest BCUT2D eigenvalue weighted by Crippen LogP contribution is -1.99. The number of hydrogen-bond donors (Lipinski definition) is 1. The van der Waals surface area contributed by atoms with Gasteiger partial charge in [-0.1, -0.05) is 6.07 Å². The number of pyridine rings is 1. The summed E-state index contributed by atoms with van der Waals surface area (Å²) in [5, 5.41) is 8.94. The summed E-state index contributed by atoms with van der Waals surface area (Å²) in [6.45, 7) is 3.64. The smallest absolute Gasteiger partial charge is 0.335 e. The highest BCUT2D eigenvalue weighted by Gasteiger charge is 2.09. The Hall–Kier alpha value is -2.36. The van der Waals surface area contributed by atoms with E-state index >= 15 is 0 Å². The summed E-state index contributed by atoms with van der Waals surface area (Å²) in [7, 11) is 0. The number of aromatic nitrogens is 1. The van der Waals surface area contributed by atoms with Crippen LogP contribution in [0.1, 0.15) is 21.5 Å². The topological polar surface area (TPSA) is 59.4 Å². The number of hydrogen-bond acceptors (Lipinski definition) is 3. The van der Waals surface area contributed by atoms with E-state index in [0.717, 1.165) is 5.56 Å². The molecule has 0 saturated heterocycles. The van der Waals surface area contributed by atoms with Gasteiger partial charge in [-0.2, -0.15) is 0 Å². The first-order valence-electron chi connectivity index (χ1n) is 5.51. The Morgan fingerprint density at radius 3 is 2.61 bits per heavy atom. The number of ether oxygens (including phenoxy) is 1. The zero-order chi connectivity index (χ0) is 13.1. The predicted molar refractivity (Wildman–Crippen MR) is 67.2 cm³/mol. The lowest BCUT2D eigenvalue weighted by molar-refractivity contribution is 0.0696. The number of rotatable bonds is 3. The van der Waals surface area contributed by atoms with E-state index in [0.29, 0.717) is 17.2 Å². The summed E-state index contributed by atoms with van der Waals surface area (Å²) in [6.07, 6.45) is 1.65. The van der Waals surface area contributed by atoms with Crippen LogP contribution in [-0.2, 0) is 0 Å². The van der Waals surface area contributed by atoms with E-state index in [2.05, 4.69) is 4.98 Å². The van der Waals surface area contributed by atoms with Gasteiger partial charge in [0.15, 0.2) is 0 Å². The lowest BCUT2D eigenvalue weighted by atomic mass is 10.1. The van der Waals surface area contributed by atoms with E-state index in [1.165, 1.54) is 6.07 Å². The highest BCUT2D eigenvalue weighted by atomic mass is 16.5. The maximum absolute atomic E-state index is 10.9. The zero-order valence-electron chi connectivity index (χ0n) is 10.2. The minimum absolute atomic E-state index is 0.278. The van der Waals surface area contributed by atoms with E-state index in [1.807, 2.05) is 19.1 Å². The molecule has 4 heteroatoms. The van der Waals surface area contributed by atoms with Crippen LogP contribution < -0.4 is 4.74 Å². The lowest BCUT2D eigenvalue weighted by Gasteiger charge is -2.08. The van der Waals surface area contributed by atoms with Gasteiger partial charge in [0.05, 0.1) is 5.56 Å². The highest BCUT2D eigenvalue weighted by Crippen LogP contribution is 2.24. The number of aryl methyl sites for hydroxylation is 2. The molecule has 0 fully saturated rings. The Kier molecular flexibility index (Phi) is 3.28. The van der Waals surface area contributed by atoms with Gasteiger partial charge in [-0.05, 0) is 43.7 Å². The van der Waals surface area contributed by atoms with Crippen LogP contribution in [0.25, 0.3) is 0 Å². The molecule has 0 amide bonds. The molecule has 1 N–H and O–H groups in total. The fourth-order valence-electron chi connectivity index (χ4n) is 1.63. The Bertz CT molecular complexity index is 593. The van der Waals surface area contributed by atoms with Crippen LogP contribution in [0.3, 0.4) is 0 Å². The third-order valence-corrected chi connectivity index (χ3v) is 2.60. The molecule has 4 nitrogen and oxygen atoms in total. The Morgan fingerprint density at radius 2 is 2.00 bits per heavy atom. The van der Waals surface area contributed by atoms with Crippen molar-refractivity contribution in [3.05, 3.63) is 53.2 Å². The predicted octanol–water partition coefficient (Wildman–Crippen LogP) is 3.19. The van der Waals surface area contributed by atoms with Crippen LogP contribution in [0.4, 0.5) is 0 Å². The SMILES string of the molecule is Cc1cc(Oc2ncccc2C)ccc1C(=O)O. The van der Waals surface area contributed by atoms with Crippen LogP contribution in [0.5, 0.6) is 11.6 Å². The second kappa shape index (κ2) is 4.87. The molecule has 2 rings (SSSR count). The second-order valence-electron chi connectivity index (χ2n) is 4.01. The molecule has 0 radical (unpaired) electrons. The number of aromatic carboxylic acids is 1. The van der Waals surface area contributed by atoms with Crippen molar-refractivity contribution in [3.63, 3.8) is 0 Å². The van der Waals surface area contributed by atoms with Crippen molar-refractivity contribution in [3.8, 4) is 11.6 Å². The Balaban J connectivity index is 2.29. The molecule has 92 valence electrons. The van der Waals surface area contributed by atoms with Gasteiger partial charge < -0.3 is 9.84 Å². The summed E-state index contributed by atoms with van der Waals surface area (Å²) in [5.41, 5.74) is 1.87. The molecule has 1 aromatic carbocycles. The van der Waals surface area contributed by atoms with Crippen LogP contribution >= 0.6 is 0 Å². The van der Waals surface area contributed by atoms with Crippen molar-refractivity contribution in [1.82, 2.24) is 4.98 Å². The molecule has 0 unspecified atom stereocenters. The quantitative estimate of drug-likeness (QED) is 0.899. The first-order valence-corrected chi connectivity index (χ1v) is 5.51. The second-order valence-corrected chi connectivity index (χ2v) is 4.01. The van der Waals surface area contributed by atoms with Gasteiger partial charge in [-0.15, -0.1) is 0 Å². The van der Waals surface area contributed by atoms with Crippen molar-refractivity contribution >= 4 is 5.97 Å². The average molecular weight is 243 g/mol. The standard InChI is InChI=1S/C14H13NO3/c1-9-4-3-7-15-13(9)18-11-5-6-12(14(16)17)10(2)8-11/h3-8H,1-2H3,(H,16,17). The molecule has 0 aliphatic rings. The summed E-state index contributed by atoms with van der Waals surface area (Å²) < 4.78 is 5.62. The van der Waals surface area contributed by atoms with Crippen LogP contribution in [0.2, 0.25) is 0 Å². The van der Waals surface area contributed by atoms with E-state index in [1.54, 1.807) is 25.3 Å². The van der Waals surface area contributed by atoms with E-state index < -0.39 is 5.97 Å². The van der Waals surface area contributed by atoms with Gasteiger partial charge in [0.1, 0.15) is 5.75 Å². The summed E-state index contributed by atoms with van der Waals surface area (Å²) in [4.78, 5) is 15.0. The summed E-state index contributed by atoms with van der Waals surface area (Å²) in [5.74, 6) is 0.173. The van der Waals surface area contributed by atoms with Crippen LogP contribution in [0.15, 0.2) is 36.5 Å². The Labute approximate surface area is 105 Å². The van der Waals surface area contributed by atoms with Crippen LogP contribution in [-0.4, -0.2) is 16.1 Å². The molecule has 0 atom stereocenters. The fourth-order valence-corrected chi connectivity index (χ4v) is 1.63. The monoisotopic (exact) mass is 243 g/mol. The number of carboxylic acid groups (broad SMARTS) is 1. The van der Waals surface area contributed by atoms with Crippen LogP contribution in [0, 0.1) is 13.8 Å². The summed E-state index contributed by atoms with van der Waals surface area (Å²) in [6, 6.07) is 8.59. The molecule has 2 aromatic rings. The minimum Gasteiger partial charge on any atom is -0.478 e. The molecule has 0 bridgehead atoms. The van der Waals surface area contributed by atoms with E-state index in [4.69, 9.17) is 9.84 Å². The maximum Gasteiger partial charge on any atom is 0.335 e. The van der Waals surface area contributed by atoms with Crippen molar-refractivity contribution in [2.75, 3.05) is 0 Å². The zero-order valence-corrected chi connectivity index (χ0v) is 10.2. The largest absolute Gasteiger partial charge is 0.478 e. The minimum atomic E-state index is -0.937. The van der Waals surface area contributed by atoms with Gasteiger partial charge in [0.2, 0.25) is 5.88 Å². The van der Waals surface area contributed by atoms with Crippen molar-refractivity contribution in [2.45, 2.75) is 13.8 Å². The molecule has 0 saturated carbocycles. The number of benzene rings is 1. The van der Waals surface area contributed by atoms with Gasteiger partial charge in [0, 0.05) is 11.8 Å². The fraction of sp³-hybridized carbons (Fsp3) is 0.143. The summed E-state index contributed by atoms with van der Waals surface area (Å²) >= 11 is 0. The van der Waals surface area contributed by atoms with E-state index in [9.17, 15) is 4.79 Å². The molecule has 1 aromatic heterocycles. The number of carboxylic acids is 1. The van der Waals surface area contributed by atoms with Gasteiger partial charge in [-0.3, -0.25) is 0 Å². The molecule has 0 aliphatic carbocycles.